The molecule has 1 saturated carbocycles. The first-order valence-electron chi connectivity index (χ1n) is 8.09. The summed E-state index contributed by atoms with van der Waals surface area (Å²) in [5.41, 5.74) is 1.32. The first-order valence-corrected chi connectivity index (χ1v) is 8.49. The Hall–Kier alpha value is -1.20. The van der Waals surface area contributed by atoms with Crippen molar-refractivity contribution in [2.24, 2.45) is 0 Å². The third kappa shape index (κ3) is 4.65. The van der Waals surface area contributed by atoms with Crippen molar-refractivity contribution in [3.8, 4) is 0 Å². The Kier molecular flexibility index (Phi) is 6.15. The fourth-order valence-electron chi connectivity index (χ4n) is 3.18. The van der Waals surface area contributed by atoms with Gasteiger partial charge in [0, 0.05) is 19.4 Å². The smallest absolute Gasteiger partial charge is 0.166 e. The van der Waals surface area contributed by atoms with Crippen LogP contribution in [0.3, 0.4) is 0 Å². The summed E-state index contributed by atoms with van der Waals surface area (Å²) in [6, 6.07) is 6.49. The second-order valence-corrected chi connectivity index (χ2v) is 6.91. The second kappa shape index (κ2) is 7.88. The summed E-state index contributed by atoms with van der Waals surface area (Å²) < 4.78 is 12.9. The highest BCUT2D eigenvalue weighted by molar-refractivity contribution is 7.80. The molecule has 22 heavy (non-hydrogen) atoms. The van der Waals surface area contributed by atoms with Gasteiger partial charge in [-0.05, 0) is 42.8 Å². The maximum Gasteiger partial charge on any atom is 0.166 e. The molecule has 1 aromatic rings. The van der Waals surface area contributed by atoms with Gasteiger partial charge in [0.15, 0.2) is 5.11 Å². The van der Waals surface area contributed by atoms with E-state index in [-0.39, 0.29) is 5.82 Å². The molecule has 0 unspecified atom stereocenters. The Labute approximate surface area is 138 Å². The van der Waals surface area contributed by atoms with E-state index in [1.54, 1.807) is 12.1 Å². The van der Waals surface area contributed by atoms with Crippen molar-refractivity contribution in [2.45, 2.75) is 44.2 Å². The van der Waals surface area contributed by atoms with E-state index in [0.717, 1.165) is 12.1 Å². The molecule has 0 aliphatic heterocycles. The van der Waals surface area contributed by atoms with Crippen LogP contribution in [0.4, 0.5) is 4.39 Å². The van der Waals surface area contributed by atoms with Gasteiger partial charge in [-0.1, -0.05) is 18.6 Å². The van der Waals surface area contributed by atoms with Crippen LogP contribution < -0.4 is 15.5 Å². The number of likely N-dealkylation sites (N-methyl/N-ethyl adjacent to an activating group) is 1. The van der Waals surface area contributed by atoms with Gasteiger partial charge in [-0.25, -0.2) is 4.39 Å². The van der Waals surface area contributed by atoms with Crippen molar-refractivity contribution in [2.75, 3.05) is 20.6 Å². The fourth-order valence-corrected chi connectivity index (χ4v) is 3.32. The minimum absolute atomic E-state index is 0.211. The number of hydrogen-bond acceptors (Lipinski definition) is 1. The molecule has 1 aliphatic carbocycles. The van der Waals surface area contributed by atoms with Crippen LogP contribution >= 0.6 is 12.2 Å². The fraction of sp³-hybridized carbons (Fsp3) is 0.588. The minimum Gasteiger partial charge on any atom is -0.359 e. The standard InChI is InChI=1S/C17H26FN3S/c1-21(2)17(10-4-3-5-11-17)13-20-16(22)19-12-14-6-8-15(18)9-7-14/h6-9H,3-5,10-13H2,1-2H3,(H2,19,20,22)/p+1. The zero-order valence-electron chi connectivity index (χ0n) is 13.5. The number of rotatable bonds is 5. The van der Waals surface area contributed by atoms with Crippen LogP contribution in [0.1, 0.15) is 37.7 Å². The molecule has 0 radical (unpaired) electrons. The zero-order chi connectivity index (χ0) is 16.0. The van der Waals surface area contributed by atoms with Gasteiger partial charge in [-0.2, -0.15) is 0 Å². The van der Waals surface area contributed by atoms with Gasteiger partial charge in [0.1, 0.15) is 11.4 Å². The molecule has 1 aliphatic rings. The zero-order valence-corrected chi connectivity index (χ0v) is 14.4. The van der Waals surface area contributed by atoms with Crippen molar-refractivity contribution in [1.29, 1.82) is 0 Å². The Morgan fingerprint density at radius 1 is 1.14 bits per heavy atom. The average Bonchev–Trinajstić information content (AvgIpc) is 2.53. The van der Waals surface area contributed by atoms with Gasteiger partial charge >= 0.3 is 0 Å². The summed E-state index contributed by atoms with van der Waals surface area (Å²) in [6.07, 6.45) is 6.47. The highest BCUT2D eigenvalue weighted by atomic mass is 32.1. The SMILES string of the molecule is C[NH+](C)C1(CNC(=S)NCc2ccc(F)cc2)CCCCC1. The highest BCUT2D eigenvalue weighted by Gasteiger charge is 2.37. The molecule has 0 heterocycles. The van der Waals surface area contributed by atoms with Crippen LogP contribution in [-0.2, 0) is 6.54 Å². The van der Waals surface area contributed by atoms with Crippen LogP contribution in [0.15, 0.2) is 24.3 Å². The minimum atomic E-state index is -0.211. The first-order chi connectivity index (χ1) is 10.5. The van der Waals surface area contributed by atoms with Crippen LogP contribution in [-0.4, -0.2) is 31.3 Å². The molecule has 2 rings (SSSR count). The number of nitrogens with one attached hydrogen (secondary N) is 3. The van der Waals surface area contributed by atoms with E-state index >= 15 is 0 Å². The number of quaternary nitrogens is 1. The van der Waals surface area contributed by atoms with Gasteiger partial charge in [0.2, 0.25) is 0 Å². The summed E-state index contributed by atoms with van der Waals surface area (Å²) in [6.45, 7) is 1.53. The predicted octanol–water partition coefficient (Wildman–Crippen LogP) is 1.64. The summed E-state index contributed by atoms with van der Waals surface area (Å²) in [4.78, 5) is 1.50. The third-order valence-electron chi connectivity index (χ3n) is 4.82. The Balaban J connectivity index is 1.80. The molecule has 1 fully saturated rings. The van der Waals surface area contributed by atoms with Crippen molar-refractivity contribution >= 4 is 17.3 Å². The molecule has 3 nitrogen and oxygen atoms in total. The topological polar surface area (TPSA) is 28.5 Å². The van der Waals surface area contributed by atoms with Gasteiger partial charge in [0.05, 0.1) is 20.6 Å². The maximum atomic E-state index is 12.9. The van der Waals surface area contributed by atoms with E-state index in [0.29, 0.717) is 17.2 Å². The molecular weight excluding hydrogens is 297 g/mol. The van der Waals surface area contributed by atoms with E-state index in [1.165, 1.54) is 49.1 Å². The van der Waals surface area contributed by atoms with Crippen LogP contribution in [0.2, 0.25) is 0 Å². The summed E-state index contributed by atoms with van der Waals surface area (Å²) >= 11 is 5.38. The lowest BCUT2D eigenvalue weighted by atomic mass is 9.80. The maximum absolute atomic E-state index is 12.9. The average molecular weight is 324 g/mol. The number of thiocarbonyl (C=S) groups is 1. The lowest BCUT2D eigenvalue weighted by molar-refractivity contribution is -0.916. The van der Waals surface area contributed by atoms with E-state index in [4.69, 9.17) is 12.2 Å². The molecule has 1 aromatic carbocycles. The van der Waals surface area contributed by atoms with Crippen molar-refractivity contribution in [1.82, 2.24) is 10.6 Å². The molecule has 0 spiro atoms. The number of hydrogen-bond donors (Lipinski definition) is 3. The van der Waals surface area contributed by atoms with E-state index in [9.17, 15) is 4.39 Å². The van der Waals surface area contributed by atoms with E-state index in [1.807, 2.05) is 0 Å². The molecule has 122 valence electrons. The molecule has 0 aromatic heterocycles. The molecule has 0 atom stereocenters. The summed E-state index contributed by atoms with van der Waals surface area (Å²) in [5.74, 6) is -0.211. The predicted molar refractivity (Wildman–Crippen MR) is 92.5 cm³/mol. The van der Waals surface area contributed by atoms with Crippen LogP contribution in [0, 0.1) is 5.82 Å². The first kappa shape index (κ1) is 17.2. The summed E-state index contributed by atoms with van der Waals surface area (Å²) in [7, 11) is 4.48. The van der Waals surface area contributed by atoms with Gasteiger partial charge in [-0.3, -0.25) is 0 Å². The molecule has 0 saturated heterocycles. The second-order valence-electron chi connectivity index (χ2n) is 6.50. The molecule has 5 heteroatoms. The number of halogens is 1. The highest BCUT2D eigenvalue weighted by Crippen LogP contribution is 2.24. The molecule has 0 amide bonds. The van der Waals surface area contributed by atoms with Crippen molar-refractivity contribution < 1.29 is 9.29 Å². The Bertz CT molecular complexity index is 481. The van der Waals surface area contributed by atoms with E-state index < -0.39 is 0 Å². The molecule has 0 bridgehead atoms. The number of benzene rings is 1. The quantitative estimate of drug-likeness (QED) is 0.719. The van der Waals surface area contributed by atoms with Crippen molar-refractivity contribution in [3.05, 3.63) is 35.6 Å². The van der Waals surface area contributed by atoms with Gasteiger partial charge < -0.3 is 15.5 Å². The van der Waals surface area contributed by atoms with Crippen molar-refractivity contribution in [3.63, 3.8) is 0 Å². The Morgan fingerprint density at radius 3 is 2.36 bits per heavy atom. The monoisotopic (exact) mass is 324 g/mol. The Morgan fingerprint density at radius 2 is 1.77 bits per heavy atom. The largest absolute Gasteiger partial charge is 0.359 e. The summed E-state index contributed by atoms with van der Waals surface area (Å²) in [5, 5.41) is 7.26. The van der Waals surface area contributed by atoms with E-state index in [2.05, 4.69) is 24.7 Å². The van der Waals surface area contributed by atoms with Crippen LogP contribution in [0.5, 0.6) is 0 Å². The lowest BCUT2D eigenvalue weighted by Gasteiger charge is -2.40. The third-order valence-corrected chi connectivity index (χ3v) is 5.11. The molecular formula is C17H27FN3S+. The lowest BCUT2D eigenvalue weighted by Crippen LogP contribution is -3.16. The van der Waals surface area contributed by atoms with Gasteiger partial charge in [0.25, 0.3) is 0 Å². The van der Waals surface area contributed by atoms with Gasteiger partial charge in [-0.15, -0.1) is 0 Å². The van der Waals surface area contributed by atoms with Crippen LogP contribution in [0.25, 0.3) is 0 Å². The normalized spacial score (nSPS) is 17.3. The molecule has 3 N–H and O–H groups in total.